The number of nitrogens with zero attached hydrogens (tertiary/aromatic N) is 3. The number of amides is 1. The number of thioether (sulfide) groups is 1. The first kappa shape index (κ1) is 21.8. The Morgan fingerprint density at radius 1 is 1.19 bits per heavy atom. The summed E-state index contributed by atoms with van der Waals surface area (Å²) < 4.78 is 7.49. The highest BCUT2D eigenvalue weighted by atomic mass is 32.2. The fourth-order valence-corrected chi connectivity index (χ4v) is 4.46. The molecule has 32 heavy (non-hydrogen) atoms. The normalized spacial score (nSPS) is 14.9. The van der Waals surface area contributed by atoms with Gasteiger partial charge in [-0.1, -0.05) is 42.2 Å². The van der Waals surface area contributed by atoms with E-state index in [0.717, 1.165) is 33.7 Å². The Balaban J connectivity index is 1.76. The third-order valence-corrected chi connectivity index (χ3v) is 6.03. The molecule has 3 aromatic rings. The lowest BCUT2D eigenvalue weighted by Crippen LogP contribution is -2.33. The maximum Gasteiger partial charge on any atom is 0.323 e. The summed E-state index contributed by atoms with van der Waals surface area (Å²) >= 11 is 6.29. The SMILES string of the molecule is CCOc1ccc(-c2nn(-c3ccccc3)cc2/C=C2\SC(=S)N(CC(=O)O)C2=O)cc1. The van der Waals surface area contributed by atoms with Crippen LogP contribution in [-0.4, -0.2) is 49.1 Å². The van der Waals surface area contributed by atoms with Gasteiger partial charge in [-0.3, -0.25) is 14.5 Å². The van der Waals surface area contributed by atoms with E-state index in [1.165, 1.54) is 0 Å². The molecule has 0 aliphatic carbocycles. The van der Waals surface area contributed by atoms with Gasteiger partial charge in [0.15, 0.2) is 0 Å². The molecule has 2 heterocycles. The van der Waals surface area contributed by atoms with Crippen LogP contribution in [0.2, 0.25) is 0 Å². The molecule has 0 spiro atoms. The summed E-state index contributed by atoms with van der Waals surface area (Å²) in [5, 5.41) is 13.8. The van der Waals surface area contributed by atoms with Gasteiger partial charge >= 0.3 is 5.97 Å². The summed E-state index contributed by atoms with van der Waals surface area (Å²) in [4.78, 5) is 25.3. The molecular formula is C23H19N3O4S2. The first-order valence-electron chi connectivity index (χ1n) is 9.81. The van der Waals surface area contributed by atoms with E-state index in [-0.39, 0.29) is 4.32 Å². The summed E-state index contributed by atoms with van der Waals surface area (Å²) in [7, 11) is 0. The molecular weight excluding hydrogens is 446 g/mol. The molecule has 1 aliphatic heterocycles. The van der Waals surface area contributed by atoms with Crippen LogP contribution >= 0.6 is 24.0 Å². The topological polar surface area (TPSA) is 84.7 Å². The highest BCUT2D eigenvalue weighted by molar-refractivity contribution is 8.26. The van der Waals surface area contributed by atoms with Crippen LogP contribution in [0.4, 0.5) is 0 Å². The Morgan fingerprint density at radius 2 is 1.91 bits per heavy atom. The van der Waals surface area contributed by atoms with E-state index in [2.05, 4.69) is 0 Å². The number of hydrogen-bond acceptors (Lipinski definition) is 6. The van der Waals surface area contributed by atoms with Crippen LogP contribution in [0.1, 0.15) is 12.5 Å². The Bertz CT molecular complexity index is 1200. The second kappa shape index (κ2) is 9.37. The van der Waals surface area contributed by atoms with Gasteiger partial charge in [0.05, 0.1) is 22.9 Å². The number of carboxylic acids is 1. The molecule has 0 bridgehead atoms. The summed E-state index contributed by atoms with van der Waals surface area (Å²) in [6.45, 7) is 2.04. The second-order valence-electron chi connectivity index (χ2n) is 6.83. The minimum atomic E-state index is -1.12. The maximum absolute atomic E-state index is 12.7. The molecule has 0 unspecified atom stereocenters. The lowest BCUT2D eigenvalue weighted by atomic mass is 10.1. The van der Waals surface area contributed by atoms with Crippen LogP contribution in [0.3, 0.4) is 0 Å². The number of ether oxygens (including phenoxy) is 1. The lowest BCUT2D eigenvalue weighted by Gasteiger charge is -2.10. The fourth-order valence-electron chi connectivity index (χ4n) is 3.22. The zero-order valence-electron chi connectivity index (χ0n) is 17.1. The Hall–Kier alpha value is -3.43. The number of benzene rings is 2. The van der Waals surface area contributed by atoms with Gasteiger partial charge in [-0.05, 0) is 49.4 Å². The molecule has 1 fully saturated rings. The standard InChI is InChI=1S/C23H19N3O4S2/c1-2-30-18-10-8-15(9-11-18)21-16(13-26(24-21)17-6-4-3-5-7-17)12-19-22(29)25(14-20(27)28)23(31)32-19/h3-13H,2,14H2,1H3,(H,27,28)/b19-12-. The van der Waals surface area contributed by atoms with Crippen molar-refractivity contribution in [3.05, 3.63) is 71.3 Å². The fraction of sp³-hybridized carbons (Fsp3) is 0.130. The highest BCUT2D eigenvalue weighted by Gasteiger charge is 2.33. The Morgan fingerprint density at radius 3 is 2.56 bits per heavy atom. The lowest BCUT2D eigenvalue weighted by molar-refractivity contribution is -0.140. The molecule has 1 saturated heterocycles. The van der Waals surface area contributed by atoms with E-state index >= 15 is 0 Å². The van der Waals surface area contributed by atoms with Crippen LogP contribution in [-0.2, 0) is 9.59 Å². The van der Waals surface area contributed by atoms with Crippen molar-refractivity contribution in [2.75, 3.05) is 13.2 Å². The molecule has 2 aromatic carbocycles. The number of rotatable bonds is 7. The van der Waals surface area contributed by atoms with E-state index in [1.807, 2.05) is 67.7 Å². The van der Waals surface area contributed by atoms with Crippen molar-refractivity contribution in [1.82, 2.24) is 14.7 Å². The minimum absolute atomic E-state index is 0.224. The third kappa shape index (κ3) is 4.58. The molecule has 0 saturated carbocycles. The largest absolute Gasteiger partial charge is 0.494 e. The van der Waals surface area contributed by atoms with Gasteiger partial charge in [-0.15, -0.1) is 0 Å². The quantitative estimate of drug-likeness (QED) is 0.413. The molecule has 162 valence electrons. The average Bonchev–Trinajstić information content (AvgIpc) is 3.32. The molecule has 0 radical (unpaired) electrons. The van der Waals surface area contributed by atoms with Crippen molar-refractivity contribution in [2.45, 2.75) is 6.92 Å². The van der Waals surface area contributed by atoms with Gasteiger partial charge in [-0.2, -0.15) is 5.10 Å². The van der Waals surface area contributed by atoms with Crippen molar-refractivity contribution in [2.24, 2.45) is 0 Å². The number of carbonyl (C=O) groups is 2. The Kier molecular flexibility index (Phi) is 6.38. The number of hydrogen-bond donors (Lipinski definition) is 1. The van der Waals surface area contributed by atoms with Crippen LogP contribution in [0.25, 0.3) is 23.0 Å². The number of carbonyl (C=O) groups excluding carboxylic acids is 1. The third-order valence-electron chi connectivity index (χ3n) is 4.66. The molecule has 4 rings (SSSR count). The first-order valence-corrected chi connectivity index (χ1v) is 11.0. The Labute approximate surface area is 194 Å². The van der Waals surface area contributed by atoms with Crippen molar-refractivity contribution in [3.63, 3.8) is 0 Å². The van der Waals surface area contributed by atoms with Gasteiger partial charge < -0.3 is 9.84 Å². The minimum Gasteiger partial charge on any atom is -0.494 e. The van der Waals surface area contributed by atoms with Gasteiger partial charge in [0.1, 0.15) is 16.6 Å². The van der Waals surface area contributed by atoms with Crippen molar-refractivity contribution < 1.29 is 19.4 Å². The molecule has 1 amide bonds. The summed E-state index contributed by atoms with van der Waals surface area (Å²) in [6, 6.07) is 17.2. The molecule has 1 N–H and O–H groups in total. The van der Waals surface area contributed by atoms with E-state index in [9.17, 15) is 9.59 Å². The molecule has 9 heteroatoms. The number of para-hydroxylation sites is 1. The van der Waals surface area contributed by atoms with Gasteiger partial charge in [0.2, 0.25) is 0 Å². The summed E-state index contributed by atoms with van der Waals surface area (Å²) in [6.07, 6.45) is 3.55. The van der Waals surface area contributed by atoms with Gasteiger partial charge in [-0.25, -0.2) is 4.68 Å². The number of aliphatic carboxylic acids is 1. The number of carboxylic acid groups (broad SMARTS) is 1. The zero-order chi connectivity index (χ0) is 22.7. The van der Waals surface area contributed by atoms with Crippen LogP contribution in [0.15, 0.2) is 65.7 Å². The maximum atomic E-state index is 12.7. The van der Waals surface area contributed by atoms with E-state index in [4.69, 9.17) is 27.2 Å². The van der Waals surface area contributed by atoms with E-state index in [0.29, 0.717) is 22.8 Å². The van der Waals surface area contributed by atoms with Crippen LogP contribution in [0, 0.1) is 0 Å². The van der Waals surface area contributed by atoms with Gasteiger partial charge in [0.25, 0.3) is 5.91 Å². The van der Waals surface area contributed by atoms with E-state index < -0.39 is 18.4 Å². The highest BCUT2D eigenvalue weighted by Crippen LogP contribution is 2.35. The predicted octanol–water partition coefficient (Wildman–Crippen LogP) is 4.22. The van der Waals surface area contributed by atoms with Crippen molar-refractivity contribution in [1.29, 1.82) is 0 Å². The molecule has 0 atom stereocenters. The summed E-state index contributed by atoms with van der Waals surface area (Å²) in [5.74, 6) is -0.781. The second-order valence-corrected chi connectivity index (χ2v) is 8.51. The van der Waals surface area contributed by atoms with Crippen LogP contribution < -0.4 is 4.74 Å². The molecule has 1 aliphatic rings. The predicted molar refractivity (Wildman–Crippen MR) is 128 cm³/mol. The molecule has 7 nitrogen and oxygen atoms in total. The smallest absolute Gasteiger partial charge is 0.323 e. The number of aromatic nitrogens is 2. The average molecular weight is 466 g/mol. The van der Waals surface area contributed by atoms with Crippen LogP contribution in [0.5, 0.6) is 5.75 Å². The van der Waals surface area contributed by atoms with E-state index in [1.54, 1.807) is 10.8 Å². The van der Waals surface area contributed by atoms with Gasteiger partial charge in [0, 0.05) is 17.3 Å². The monoisotopic (exact) mass is 465 g/mol. The zero-order valence-corrected chi connectivity index (χ0v) is 18.7. The molecule has 1 aromatic heterocycles. The first-order chi connectivity index (χ1) is 15.5. The number of thiocarbonyl (C=S) groups is 1. The van der Waals surface area contributed by atoms with Crippen molar-refractivity contribution in [3.8, 4) is 22.7 Å². The summed E-state index contributed by atoms with van der Waals surface area (Å²) in [5.41, 5.74) is 3.13. The van der Waals surface area contributed by atoms with Crippen molar-refractivity contribution >= 4 is 46.3 Å².